The molecule has 0 fully saturated rings. The van der Waals surface area contributed by atoms with Crippen molar-refractivity contribution in [3.8, 4) is 17.0 Å². The lowest BCUT2D eigenvalue weighted by Crippen LogP contribution is -2.14. The largest absolute Gasteiger partial charge is 0.494 e. The predicted octanol–water partition coefficient (Wildman–Crippen LogP) is 4.18. The second-order valence-corrected chi connectivity index (χ2v) is 6.85. The Morgan fingerprint density at radius 1 is 1.14 bits per heavy atom. The fraction of sp³-hybridized carbons (Fsp3) is 0.150. The first-order valence-corrected chi connectivity index (χ1v) is 9.78. The van der Waals surface area contributed by atoms with E-state index >= 15 is 0 Å². The van der Waals surface area contributed by atoms with Crippen LogP contribution in [0.25, 0.3) is 11.3 Å². The van der Waals surface area contributed by atoms with Crippen LogP contribution in [0.2, 0.25) is 0 Å². The summed E-state index contributed by atoms with van der Waals surface area (Å²) in [5, 5.41) is 22.4. The zero-order valence-corrected chi connectivity index (χ0v) is 16.4. The number of nitro benzene ring substituents is 1. The zero-order chi connectivity index (χ0) is 20.6. The quantitative estimate of drug-likeness (QED) is 0.337. The summed E-state index contributed by atoms with van der Waals surface area (Å²) in [4.78, 5) is 22.4. The number of amides is 1. The number of carbonyl (C=O) groups excluding carboxylic acids is 1. The van der Waals surface area contributed by atoms with Crippen LogP contribution >= 0.6 is 11.8 Å². The number of carbonyl (C=O) groups is 1. The lowest BCUT2D eigenvalue weighted by Gasteiger charge is -2.06. The Morgan fingerprint density at radius 2 is 1.93 bits per heavy atom. The van der Waals surface area contributed by atoms with Crippen LogP contribution in [0.1, 0.15) is 6.92 Å². The van der Waals surface area contributed by atoms with Crippen LogP contribution in [-0.4, -0.2) is 33.4 Å². The summed E-state index contributed by atoms with van der Waals surface area (Å²) in [7, 11) is 0. The number of nitrogens with zero attached hydrogens (tertiary/aromatic N) is 3. The van der Waals surface area contributed by atoms with Crippen molar-refractivity contribution in [1.82, 2.24) is 10.2 Å². The van der Waals surface area contributed by atoms with Crippen LogP contribution in [0, 0.1) is 10.1 Å². The number of rotatable bonds is 8. The van der Waals surface area contributed by atoms with Crippen LogP contribution < -0.4 is 10.1 Å². The summed E-state index contributed by atoms with van der Waals surface area (Å²) in [6.45, 7) is 2.54. The molecule has 8 nitrogen and oxygen atoms in total. The second-order valence-electron chi connectivity index (χ2n) is 5.86. The molecule has 1 amide bonds. The number of aromatic nitrogens is 2. The number of anilines is 1. The fourth-order valence-corrected chi connectivity index (χ4v) is 3.09. The Hall–Kier alpha value is -3.46. The highest BCUT2D eigenvalue weighted by Gasteiger charge is 2.09. The first kappa shape index (κ1) is 20.3. The van der Waals surface area contributed by atoms with Gasteiger partial charge in [-0.1, -0.05) is 17.8 Å². The molecule has 1 heterocycles. The standard InChI is InChI=1S/C20H18N4O4S/c1-2-28-17-8-6-14(7-9-17)18-10-11-20(23-22-18)29-13-19(25)21-15-4-3-5-16(12-15)24(26)27/h3-12H,2,13H2,1H3,(H,21,25). The predicted molar refractivity (Wildman–Crippen MR) is 111 cm³/mol. The Kier molecular flexibility index (Phi) is 6.75. The van der Waals surface area contributed by atoms with E-state index in [0.29, 0.717) is 17.3 Å². The number of nitro groups is 1. The van der Waals surface area contributed by atoms with Crippen molar-refractivity contribution in [3.05, 3.63) is 70.8 Å². The Balaban J connectivity index is 1.55. The average molecular weight is 410 g/mol. The van der Waals surface area contributed by atoms with E-state index in [4.69, 9.17) is 4.74 Å². The molecule has 0 saturated heterocycles. The van der Waals surface area contributed by atoms with Crippen molar-refractivity contribution >= 4 is 29.0 Å². The number of non-ortho nitro benzene ring substituents is 1. The van der Waals surface area contributed by atoms with Crippen molar-refractivity contribution in [1.29, 1.82) is 0 Å². The molecule has 0 unspecified atom stereocenters. The van der Waals surface area contributed by atoms with Gasteiger partial charge in [0.25, 0.3) is 5.69 Å². The third-order valence-electron chi connectivity index (χ3n) is 3.79. The average Bonchev–Trinajstić information content (AvgIpc) is 2.74. The van der Waals surface area contributed by atoms with Gasteiger partial charge in [0, 0.05) is 23.4 Å². The van der Waals surface area contributed by atoms with Gasteiger partial charge in [0.15, 0.2) is 0 Å². The topological polar surface area (TPSA) is 107 Å². The fourth-order valence-electron chi connectivity index (χ4n) is 2.47. The molecule has 148 valence electrons. The van der Waals surface area contributed by atoms with Crippen molar-refractivity contribution in [2.75, 3.05) is 17.7 Å². The van der Waals surface area contributed by atoms with E-state index in [-0.39, 0.29) is 17.3 Å². The van der Waals surface area contributed by atoms with E-state index in [9.17, 15) is 14.9 Å². The molecule has 1 aromatic heterocycles. The molecular weight excluding hydrogens is 392 g/mol. The molecular formula is C20H18N4O4S. The maximum absolute atomic E-state index is 12.1. The summed E-state index contributed by atoms with van der Waals surface area (Å²) in [5.41, 5.74) is 1.94. The summed E-state index contributed by atoms with van der Waals surface area (Å²) in [5.74, 6) is 0.624. The number of hydrogen-bond acceptors (Lipinski definition) is 7. The summed E-state index contributed by atoms with van der Waals surface area (Å²) in [6.07, 6.45) is 0. The van der Waals surface area contributed by atoms with E-state index < -0.39 is 4.92 Å². The highest BCUT2D eigenvalue weighted by atomic mass is 32.2. The Bertz CT molecular complexity index is 994. The van der Waals surface area contributed by atoms with E-state index in [2.05, 4.69) is 15.5 Å². The van der Waals surface area contributed by atoms with Crippen molar-refractivity contribution < 1.29 is 14.5 Å². The minimum Gasteiger partial charge on any atom is -0.494 e. The molecule has 0 saturated carbocycles. The van der Waals surface area contributed by atoms with Gasteiger partial charge in [-0.05, 0) is 49.4 Å². The molecule has 0 radical (unpaired) electrons. The molecule has 0 spiro atoms. The highest BCUT2D eigenvalue weighted by Crippen LogP contribution is 2.23. The maximum Gasteiger partial charge on any atom is 0.271 e. The molecule has 2 aromatic carbocycles. The lowest BCUT2D eigenvalue weighted by molar-refractivity contribution is -0.384. The van der Waals surface area contributed by atoms with Gasteiger partial charge in [-0.15, -0.1) is 10.2 Å². The van der Waals surface area contributed by atoms with Gasteiger partial charge in [0.05, 0.1) is 23.0 Å². The summed E-state index contributed by atoms with van der Waals surface area (Å²) < 4.78 is 5.42. The van der Waals surface area contributed by atoms with Crippen LogP contribution in [0.3, 0.4) is 0 Å². The molecule has 3 aromatic rings. The van der Waals surface area contributed by atoms with Gasteiger partial charge >= 0.3 is 0 Å². The first-order valence-electron chi connectivity index (χ1n) is 8.79. The van der Waals surface area contributed by atoms with Gasteiger partial charge in [0.1, 0.15) is 10.8 Å². The molecule has 1 N–H and O–H groups in total. The highest BCUT2D eigenvalue weighted by molar-refractivity contribution is 7.99. The molecule has 0 aliphatic rings. The SMILES string of the molecule is CCOc1ccc(-c2ccc(SCC(=O)Nc3cccc([N+](=O)[O-])c3)nn2)cc1. The molecule has 0 bridgehead atoms. The molecule has 3 rings (SSSR count). The molecule has 29 heavy (non-hydrogen) atoms. The van der Waals surface area contributed by atoms with Gasteiger partial charge in [-0.25, -0.2) is 0 Å². The van der Waals surface area contributed by atoms with E-state index in [1.54, 1.807) is 12.1 Å². The van der Waals surface area contributed by atoms with Crippen molar-refractivity contribution in [2.24, 2.45) is 0 Å². The van der Waals surface area contributed by atoms with E-state index in [1.165, 1.54) is 30.0 Å². The maximum atomic E-state index is 12.1. The van der Waals surface area contributed by atoms with Gasteiger partial charge in [-0.2, -0.15) is 0 Å². The summed E-state index contributed by atoms with van der Waals surface area (Å²) >= 11 is 1.23. The van der Waals surface area contributed by atoms with E-state index in [1.807, 2.05) is 37.3 Å². The molecule has 0 atom stereocenters. The molecule has 0 aliphatic carbocycles. The number of thioether (sulfide) groups is 1. The van der Waals surface area contributed by atoms with Gasteiger partial charge in [-0.3, -0.25) is 14.9 Å². The van der Waals surface area contributed by atoms with Crippen LogP contribution in [0.4, 0.5) is 11.4 Å². The third kappa shape index (κ3) is 5.76. The van der Waals surface area contributed by atoms with Gasteiger partial charge in [0.2, 0.25) is 5.91 Å². The lowest BCUT2D eigenvalue weighted by atomic mass is 10.1. The normalized spacial score (nSPS) is 10.4. The minimum atomic E-state index is -0.508. The minimum absolute atomic E-state index is 0.0776. The van der Waals surface area contributed by atoms with Gasteiger partial charge < -0.3 is 10.1 Å². The van der Waals surface area contributed by atoms with Crippen molar-refractivity contribution in [2.45, 2.75) is 11.9 Å². The van der Waals surface area contributed by atoms with Crippen LogP contribution in [0.15, 0.2) is 65.7 Å². The number of nitrogens with one attached hydrogen (secondary N) is 1. The first-order chi connectivity index (χ1) is 14.0. The van der Waals surface area contributed by atoms with E-state index in [0.717, 1.165) is 17.0 Å². The molecule has 9 heteroatoms. The molecule has 0 aliphatic heterocycles. The number of hydrogen-bond donors (Lipinski definition) is 1. The zero-order valence-electron chi connectivity index (χ0n) is 15.6. The Morgan fingerprint density at radius 3 is 2.59 bits per heavy atom. The second kappa shape index (κ2) is 9.65. The number of ether oxygens (including phenoxy) is 1. The monoisotopic (exact) mass is 410 g/mol. The van der Waals surface area contributed by atoms with Crippen LogP contribution in [-0.2, 0) is 4.79 Å². The third-order valence-corrected chi connectivity index (χ3v) is 4.71. The summed E-state index contributed by atoms with van der Waals surface area (Å²) in [6, 6.07) is 17.0. The van der Waals surface area contributed by atoms with Crippen molar-refractivity contribution in [3.63, 3.8) is 0 Å². The van der Waals surface area contributed by atoms with Crippen LogP contribution in [0.5, 0.6) is 5.75 Å². The smallest absolute Gasteiger partial charge is 0.271 e. The number of benzene rings is 2. The Labute approximate surface area is 171 Å².